The number of H-pyrrole nitrogens is 1. The smallest absolute Gasteiger partial charge is 0.105 e. The molecule has 1 N–H and O–H groups in total. The number of halogens is 1. The molecule has 2 nitrogen and oxygen atoms in total. The second-order valence-corrected chi connectivity index (χ2v) is 5.11. The molecule has 0 bridgehead atoms. The Bertz CT molecular complexity index is 259. The van der Waals surface area contributed by atoms with Crippen LogP contribution in [0.4, 0.5) is 0 Å². The highest BCUT2D eigenvalue weighted by Crippen LogP contribution is 2.18. The zero-order chi connectivity index (χ0) is 12.3. The Kier molecular flexibility index (Phi) is 8.16. The number of imidazole rings is 1. The van der Waals surface area contributed by atoms with Gasteiger partial charge in [-0.1, -0.05) is 32.6 Å². The lowest BCUT2D eigenvalue weighted by molar-refractivity contribution is 0.447. The van der Waals surface area contributed by atoms with Gasteiger partial charge < -0.3 is 4.98 Å². The summed E-state index contributed by atoms with van der Waals surface area (Å²) in [5.74, 6) is 2.66. The van der Waals surface area contributed by atoms with Crippen LogP contribution in [0.3, 0.4) is 0 Å². The van der Waals surface area contributed by atoms with Crippen molar-refractivity contribution in [3.05, 3.63) is 18.2 Å². The van der Waals surface area contributed by atoms with Gasteiger partial charge in [0.15, 0.2) is 0 Å². The fraction of sp³-hybridized carbons (Fsp3) is 0.786. The Balaban J connectivity index is 2.02. The van der Waals surface area contributed by atoms with Gasteiger partial charge in [0.25, 0.3) is 0 Å². The van der Waals surface area contributed by atoms with Crippen LogP contribution < -0.4 is 0 Å². The van der Waals surface area contributed by atoms with E-state index < -0.39 is 0 Å². The summed E-state index contributed by atoms with van der Waals surface area (Å²) >= 11 is 6.01. The summed E-state index contributed by atoms with van der Waals surface area (Å²) in [6, 6.07) is 0. The molecular formula is C14H25ClN2. The molecule has 0 amide bonds. The summed E-state index contributed by atoms with van der Waals surface area (Å²) in [4.78, 5) is 7.38. The first-order valence-electron chi connectivity index (χ1n) is 6.91. The van der Waals surface area contributed by atoms with E-state index in [1.54, 1.807) is 0 Å². The quantitative estimate of drug-likeness (QED) is 0.483. The third kappa shape index (κ3) is 6.72. The molecule has 1 aromatic heterocycles. The van der Waals surface area contributed by atoms with Crippen molar-refractivity contribution in [2.75, 3.05) is 5.88 Å². The van der Waals surface area contributed by atoms with Gasteiger partial charge in [0, 0.05) is 24.7 Å². The number of alkyl halides is 1. The lowest BCUT2D eigenvalue weighted by Gasteiger charge is -2.12. The first kappa shape index (κ1) is 14.6. The molecule has 0 saturated carbocycles. The lowest BCUT2D eigenvalue weighted by Crippen LogP contribution is -2.03. The summed E-state index contributed by atoms with van der Waals surface area (Å²) < 4.78 is 0. The van der Waals surface area contributed by atoms with Crippen LogP contribution in [0.25, 0.3) is 0 Å². The second kappa shape index (κ2) is 9.52. The highest BCUT2D eigenvalue weighted by atomic mass is 35.5. The van der Waals surface area contributed by atoms with Gasteiger partial charge in [-0.3, -0.25) is 0 Å². The molecule has 98 valence electrons. The fourth-order valence-electron chi connectivity index (χ4n) is 2.14. The topological polar surface area (TPSA) is 28.7 Å². The lowest BCUT2D eigenvalue weighted by atomic mass is 9.97. The molecule has 0 saturated heterocycles. The summed E-state index contributed by atoms with van der Waals surface area (Å²) in [6.45, 7) is 2.25. The Labute approximate surface area is 110 Å². The van der Waals surface area contributed by atoms with Crippen LogP contribution in [-0.4, -0.2) is 15.8 Å². The number of nitrogens with zero attached hydrogens (tertiary/aromatic N) is 1. The Morgan fingerprint density at radius 2 is 2.00 bits per heavy atom. The van der Waals surface area contributed by atoms with Crippen LogP contribution in [0.2, 0.25) is 0 Å². The van der Waals surface area contributed by atoms with E-state index in [0.717, 1.165) is 24.0 Å². The van der Waals surface area contributed by atoms with Gasteiger partial charge in [0.1, 0.15) is 5.82 Å². The molecule has 1 aromatic rings. The van der Waals surface area contributed by atoms with Gasteiger partial charge in [-0.05, 0) is 25.2 Å². The highest BCUT2D eigenvalue weighted by molar-refractivity contribution is 6.18. The van der Waals surface area contributed by atoms with Crippen LogP contribution in [0.1, 0.15) is 57.7 Å². The van der Waals surface area contributed by atoms with Gasteiger partial charge >= 0.3 is 0 Å². The second-order valence-electron chi connectivity index (χ2n) is 4.80. The van der Waals surface area contributed by atoms with E-state index in [-0.39, 0.29) is 0 Å². The molecule has 1 atom stereocenters. The van der Waals surface area contributed by atoms with Gasteiger partial charge in [-0.25, -0.2) is 4.98 Å². The molecular weight excluding hydrogens is 232 g/mol. The van der Waals surface area contributed by atoms with Crippen LogP contribution in [0, 0.1) is 5.92 Å². The molecule has 1 unspecified atom stereocenters. The Morgan fingerprint density at radius 1 is 1.24 bits per heavy atom. The largest absolute Gasteiger partial charge is 0.349 e. The van der Waals surface area contributed by atoms with Crippen LogP contribution >= 0.6 is 11.6 Å². The number of rotatable bonds is 10. The maximum absolute atomic E-state index is 6.01. The van der Waals surface area contributed by atoms with Crippen LogP contribution in [-0.2, 0) is 6.42 Å². The number of aromatic nitrogens is 2. The molecule has 17 heavy (non-hydrogen) atoms. The molecule has 0 aliphatic carbocycles. The minimum Gasteiger partial charge on any atom is -0.349 e. The highest BCUT2D eigenvalue weighted by Gasteiger charge is 2.06. The number of unbranched alkanes of at least 4 members (excludes halogenated alkanes) is 3. The number of hydrogen-bond acceptors (Lipinski definition) is 1. The zero-order valence-corrected chi connectivity index (χ0v) is 11.7. The van der Waals surface area contributed by atoms with Crippen molar-refractivity contribution >= 4 is 11.6 Å². The van der Waals surface area contributed by atoms with E-state index in [4.69, 9.17) is 11.6 Å². The van der Waals surface area contributed by atoms with Crippen molar-refractivity contribution in [2.24, 2.45) is 5.92 Å². The van der Waals surface area contributed by atoms with Crippen molar-refractivity contribution < 1.29 is 0 Å². The van der Waals surface area contributed by atoms with Crippen LogP contribution in [0.15, 0.2) is 12.4 Å². The van der Waals surface area contributed by atoms with Gasteiger partial charge in [0.05, 0.1) is 0 Å². The number of aromatic amines is 1. The van der Waals surface area contributed by atoms with Gasteiger partial charge in [0.2, 0.25) is 0 Å². The van der Waals surface area contributed by atoms with Gasteiger partial charge in [-0.2, -0.15) is 0 Å². The first-order valence-corrected chi connectivity index (χ1v) is 7.44. The third-order valence-corrected chi connectivity index (χ3v) is 3.70. The van der Waals surface area contributed by atoms with E-state index in [2.05, 4.69) is 16.9 Å². The molecule has 1 heterocycles. The van der Waals surface area contributed by atoms with E-state index in [1.807, 2.05) is 12.4 Å². The summed E-state index contributed by atoms with van der Waals surface area (Å²) in [5, 5.41) is 0. The average molecular weight is 257 g/mol. The van der Waals surface area contributed by atoms with E-state index in [9.17, 15) is 0 Å². The van der Waals surface area contributed by atoms with Crippen molar-refractivity contribution in [3.8, 4) is 0 Å². The molecule has 0 spiro atoms. The Morgan fingerprint density at radius 3 is 2.59 bits per heavy atom. The predicted molar refractivity (Wildman–Crippen MR) is 74.5 cm³/mol. The van der Waals surface area contributed by atoms with Crippen molar-refractivity contribution in [2.45, 2.75) is 58.3 Å². The van der Waals surface area contributed by atoms with Crippen molar-refractivity contribution in [1.29, 1.82) is 0 Å². The summed E-state index contributed by atoms with van der Waals surface area (Å²) in [6.07, 6.45) is 13.8. The standard InChI is InChI=1S/C14H25ClN2/c1-2-3-4-7-13(12-15)8-5-6-9-14-16-10-11-17-14/h10-11,13H,2-9,12H2,1H3,(H,16,17). The molecule has 3 heteroatoms. The number of hydrogen-bond donors (Lipinski definition) is 1. The normalized spacial score (nSPS) is 12.8. The van der Waals surface area contributed by atoms with E-state index in [1.165, 1.54) is 44.9 Å². The molecule has 0 aliphatic rings. The molecule has 0 aliphatic heterocycles. The maximum atomic E-state index is 6.01. The molecule has 1 rings (SSSR count). The SMILES string of the molecule is CCCCCC(CCl)CCCCc1ncc[nH]1. The fourth-order valence-corrected chi connectivity index (χ4v) is 2.45. The number of nitrogens with one attached hydrogen (secondary N) is 1. The van der Waals surface area contributed by atoms with Crippen LogP contribution in [0.5, 0.6) is 0 Å². The number of aryl methyl sites for hydroxylation is 1. The maximum Gasteiger partial charge on any atom is 0.105 e. The van der Waals surface area contributed by atoms with Gasteiger partial charge in [-0.15, -0.1) is 11.6 Å². The van der Waals surface area contributed by atoms with E-state index >= 15 is 0 Å². The monoisotopic (exact) mass is 256 g/mol. The third-order valence-electron chi connectivity index (χ3n) is 3.26. The van der Waals surface area contributed by atoms with Crippen molar-refractivity contribution in [3.63, 3.8) is 0 Å². The molecule has 0 fully saturated rings. The van der Waals surface area contributed by atoms with Crippen molar-refractivity contribution in [1.82, 2.24) is 9.97 Å². The average Bonchev–Trinajstić information content (AvgIpc) is 2.85. The van der Waals surface area contributed by atoms with E-state index in [0.29, 0.717) is 0 Å². The molecule has 0 aromatic carbocycles. The first-order chi connectivity index (χ1) is 8.36. The minimum atomic E-state index is 0.722. The molecule has 0 radical (unpaired) electrons. The summed E-state index contributed by atoms with van der Waals surface area (Å²) in [5.41, 5.74) is 0. The zero-order valence-electron chi connectivity index (χ0n) is 10.9. The minimum absolute atomic E-state index is 0.722. The summed E-state index contributed by atoms with van der Waals surface area (Å²) in [7, 11) is 0. The Hall–Kier alpha value is -0.500. The predicted octanol–water partition coefficient (Wildman–Crippen LogP) is 4.56.